The SMILES string of the molecule is CC/C=C\C/C=C\C/C=C\C/C=C\C/C=C\C/C=C\C/C=C\CCCCCC(=O)OCC(COC(=O)CCCCCCC/C=C\C/C=C\CCC)OC(=O)CCCCC/C=C\C/C=C\C/C=C\C/C=C\C/C=C\CC. The van der Waals surface area contributed by atoms with Crippen LogP contribution >= 0.6 is 0 Å². The minimum absolute atomic E-state index is 0.118. The van der Waals surface area contributed by atoms with Gasteiger partial charge in [-0.05, 0) is 148 Å². The molecule has 0 aromatic carbocycles. The number of hydrogen-bond donors (Lipinski definition) is 0. The minimum atomic E-state index is -0.826. The van der Waals surface area contributed by atoms with Crippen molar-refractivity contribution in [3.63, 3.8) is 0 Å². The Morgan fingerprint density at radius 2 is 0.520 bits per heavy atom. The summed E-state index contributed by atoms with van der Waals surface area (Å²) in [5.74, 6) is -1.01. The first kappa shape index (κ1) is 69.8. The van der Waals surface area contributed by atoms with Crippen molar-refractivity contribution in [1.29, 1.82) is 0 Å². The fraction of sp³-hybridized carbons (Fsp3) is 0.551. The Morgan fingerprint density at radius 1 is 0.280 bits per heavy atom. The molecule has 6 heteroatoms. The van der Waals surface area contributed by atoms with Gasteiger partial charge in [-0.1, -0.05) is 229 Å². The summed E-state index contributed by atoms with van der Waals surface area (Å²) in [5.41, 5.74) is 0. The largest absolute Gasteiger partial charge is 0.462 e. The third-order valence-electron chi connectivity index (χ3n) is 11.7. The van der Waals surface area contributed by atoms with Crippen LogP contribution < -0.4 is 0 Å². The van der Waals surface area contributed by atoms with Gasteiger partial charge in [-0.25, -0.2) is 0 Å². The molecule has 6 nitrogen and oxygen atoms in total. The van der Waals surface area contributed by atoms with Crippen LogP contribution in [0.25, 0.3) is 0 Å². The van der Waals surface area contributed by atoms with Gasteiger partial charge in [-0.3, -0.25) is 14.4 Å². The summed E-state index contributed by atoms with van der Waals surface area (Å²) in [6.07, 6.45) is 90.6. The number of rotatable bonds is 51. The quantitative estimate of drug-likeness (QED) is 0.0261. The van der Waals surface area contributed by atoms with E-state index in [9.17, 15) is 14.4 Å². The smallest absolute Gasteiger partial charge is 0.306 e. The second-order valence-electron chi connectivity index (χ2n) is 18.8. The van der Waals surface area contributed by atoms with Crippen molar-refractivity contribution < 1.29 is 28.6 Å². The number of carbonyl (C=O) groups is 3. The normalized spacial score (nSPS) is 13.4. The number of unbranched alkanes of at least 4 members (excludes halogenated alkanes) is 12. The zero-order chi connectivity index (χ0) is 54.3. The summed E-state index contributed by atoms with van der Waals surface area (Å²) in [6.45, 7) is 6.26. The first-order chi connectivity index (χ1) is 37.0. The van der Waals surface area contributed by atoms with Crippen LogP contribution in [0.3, 0.4) is 0 Å². The second kappa shape index (κ2) is 61.3. The Morgan fingerprint density at radius 3 is 0.827 bits per heavy atom. The fourth-order valence-electron chi connectivity index (χ4n) is 7.31. The number of allylic oxidation sites excluding steroid dienone is 28. The van der Waals surface area contributed by atoms with Crippen molar-refractivity contribution in [3.8, 4) is 0 Å². The molecule has 418 valence electrons. The lowest BCUT2D eigenvalue weighted by molar-refractivity contribution is -0.167. The molecule has 0 radical (unpaired) electrons. The molecule has 0 heterocycles. The van der Waals surface area contributed by atoms with E-state index in [1.54, 1.807) is 0 Å². The van der Waals surface area contributed by atoms with Crippen molar-refractivity contribution in [2.45, 2.75) is 232 Å². The number of esters is 3. The predicted octanol–water partition coefficient (Wildman–Crippen LogP) is 20.3. The number of hydrogen-bond acceptors (Lipinski definition) is 6. The standard InChI is InChI=1S/C69H106O6/c1-4-7-10-13-16-19-22-25-27-29-31-32-33-34-35-36-38-39-41-44-47-50-53-56-59-62-68(71)74-65-66(64-73-67(70)61-58-55-52-49-46-43-24-21-18-15-12-9-6-3)75-69(72)63-60-57-54-51-48-45-42-40-37-30-28-26-23-20-17-14-11-8-5-2/h7-8,10-12,15-17,19-21,24-28,31-32,34-35,37-40,44-45,47-48,66H,4-6,9,13-14,18,22-23,29-30,33,36,41-43,46,49-65H2,1-3H3/b10-7-,11-8-,15-12-,19-16-,20-17-,24-21-,27-25-,28-26-,32-31-,35-34-,39-38-,40-37-,47-44-,48-45-. The first-order valence-electron chi connectivity index (χ1n) is 29.6. The highest BCUT2D eigenvalue weighted by Gasteiger charge is 2.19. The van der Waals surface area contributed by atoms with Crippen LogP contribution in [0.4, 0.5) is 0 Å². The van der Waals surface area contributed by atoms with E-state index >= 15 is 0 Å². The summed E-state index contributed by atoms with van der Waals surface area (Å²) in [6, 6.07) is 0. The van der Waals surface area contributed by atoms with Crippen molar-refractivity contribution in [1.82, 2.24) is 0 Å². The molecule has 75 heavy (non-hydrogen) atoms. The Balaban J connectivity index is 4.53. The molecule has 0 saturated heterocycles. The highest BCUT2D eigenvalue weighted by atomic mass is 16.6. The molecule has 0 aliphatic carbocycles. The van der Waals surface area contributed by atoms with Crippen LogP contribution in [-0.4, -0.2) is 37.2 Å². The third kappa shape index (κ3) is 59.5. The number of ether oxygens (including phenoxy) is 3. The minimum Gasteiger partial charge on any atom is -0.462 e. The average molecular weight is 1030 g/mol. The summed E-state index contributed by atoms with van der Waals surface area (Å²) in [4.78, 5) is 38.2. The van der Waals surface area contributed by atoms with Gasteiger partial charge in [0.2, 0.25) is 0 Å². The molecule has 1 unspecified atom stereocenters. The van der Waals surface area contributed by atoms with E-state index in [-0.39, 0.29) is 37.5 Å². The van der Waals surface area contributed by atoms with Crippen molar-refractivity contribution in [3.05, 3.63) is 170 Å². The van der Waals surface area contributed by atoms with E-state index < -0.39 is 6.10 Å². The molecule has 0 aromatic rings. The van der Waals surface area contributed by atoms with Gasteiger partial charge < -0.3 is 14.2 Å². The Hall–Kier alpha value is -5.23. The third-order valence-corrected chi connectivity index (χ3v) is 11.7. The molecule has 0 N–H and O–H groups in total. The van der Waals surface area contributed by atoms with E-state index in [0.29, 0.717) is 19.3 Å². The van der Waals surface area contributed by atoms with Gasteiger partial charge in [0.15, 0.2) is 6.10 Å². The Kier molecular flexibility index (Phi) is 57.0. The van der Waals surface area contributed by atoms with Gasteiger partial charge in [0, 0.05) is 19.3 Å². The van der Waals surface area contributed by atoms with Gasteiger partial charge in [-0.2, -0.15) is 0 Å². The maximum Gasteiger partial charge on any atom is 0.306 e. The molecular formula is C69H106O6. The molecular weight excluding hydrogens is 925 g/mol. The maximum atomic E-state index is 12.9. The van der Waals surface area contributed by atoms with Crippen molar-refractivity contribution in [2.75, 3.05) is 13.2 Å². The van der Waals surface area contributed by atoms with E-state index in [0.717, 1.165) is 173 Å². The van der Waals surface area contributed by atoms with Crippen molar-refractivity contribution in [2.24, 2.45) is 0 Å². The Bertz CT molecular complexity index is 1750. The summed E-state index contributed by atoms with van der Waals surface area (Å²) in [5, 5.41) is 0. The van der Waals surface area contributed by atoms with E-state index in [2.05, 4.69) is 191 Å². The summed E-state index contributed by atoms with van der Waals surface area (Å²) in [7, 11) is 0. The van der Waals surface area contributed by atoms with Crippen LogP contribution in [-0.2, 0) is 28.6 Å². The molecule has 0 aliphatic rings. The molecule has 0 aromatic heterocycles. The number of carbonyl (C=O) groups excluding carboxylic acids is 3. The highest BCUT2D eigenvalue weighted by molar-refractivity contribution is 5.71. The lowest BCUT2D eigenvalue weighted by atomic mass is 10.1. The lowest BCUT2D eigenvalue weighted by Gasteiger charge is -2.18. The van der Waals surface area contributed by atoms with Crippen LogP contribution in [0.5, 0.6) is 0 Å². The lowest BCUT2D eigenvalue weighted by Crippen LogP contribution is -2.30. The van der Waals surface area contributed by atoms with Gasteiger partial charge in [0.1, 0.15) is 13.2 Å². The molecule has 0 saturated carbocycles. The van der Waals surface area contributed by atoms with Gasteiger partial charge >= 0.3 is 17.9 Å². The van der Waals surface area contributed by atoms with Crippen LogP contribution in [0.2, 0.25) is 0 Å². The molecule has 0 rings (SSSR count). The fourth-order valence-corrected chi connectivity index (χ4v) is 7.31. The molecule has 0 bridgehead atoms. The van der Waals surface area contributed by atoms with Gasteiger partial charge in [0.05, 0.1) is 0 Å². The zero-order valence-corrected chi connectivity index (χ0v) is 47.7. The molecule has 1 atom stereocenters. The monoisotopic (exact) mass is 1030 g/mol. The molecule has 0 spiro atoms. The summed E-state index contributed by atoms with van der Waals surface area (Å²) < 4.78 is 16.8. The topological polar surface area (TPSA) is 78.9 Å². The first-order valence-corrected chi connectivity index (χ1v) is 29.6. The molecule has 0 amide bonds. The van der Waals surface area contributed by atoms with Gasteiger partial charge in [0.25, 0.3) is 0 Å². The van der Waals surface area contributed by atoms with Gasteiger partial charge in [-0.15, -0.1) is 0 Å². The van der Waals surface area contributed by atoms with E-state index in [1.165, 1.54) is 6.42 Å². The molecule has 0 fully saturated rings. The predicted molar refractivity (Wildman–Crippen MR) is 325 cm³/mol. The second-order valence-corrected chi connectivity index (χ2v) is 18.8. The highest BCUT2D eigenvalue weighted by Crippen LogP contribution is 2.12. The van der Waals surface area contributed by atoms with E-state index in [4.69, 9.17) is 14.2 Å². The van der Waals surface area contributed by atoms with Crippen LogP contribution in [0, 0.1) is 0 Å². The zero-order valence-electron chi connectivity index (χ0n) is 47.7. The van der Waals surface area contributed by atoms with E-state index in [1.807, 2.05) is 0 Å². The maximum absolute atomic E-state index is 12.9. The van der Waals surface area contributed by atoms with Crippen LogP contribution in [0.15, 0.2) is 170 Å². The van der Waals surface area contributed by atoms with Crippen LogP contribution in [0.1, 0.15) is 226 Å². The Labute approximate surface area is 460 Å². The molecule has 0 aliphatic heterocycles. The summed E-state index contributed by atoms with van der Waals surface area (Å²) >= 11 is 0. The van der Waals surface area contributed by atoms with Crippen molar-refractivity contribution >= 4 is 17.9 Å². The average Bonchev–Trinajstić information content (AvgIpc) is 3.41.